The maximum Gasteiger partial charge on any atom is 0.255 e. The van der Waals surface area contributed by atoms with Crippen LogP contribution in [0.15, 0.2) is 42.5 Å². The number of anilines is 1. The standard InChI is InChI=1S/C16H15ClN2O2/c1-10-13(15(18)20)3-2-4-14(10)19-16(21)12-7-5-11(9-17)6-8-12/h2-8H,9H2,1H3,(H2,18,20)(H,19,21). The van der Waals surface area contributed by atoms with Gasteiger partial charge in [0.25, 0.3) is 5.91 Å². The number of nitrogens with two attached hydrogens (primary N) is 1. The smallest absolute Gasteiger partial charge is 0.255 e. The lowest BCUT2D eigenvalue weighted by atomic mass is 10.1. The predicted octanol–water partition coefficient (Wildman–Crippen LogP) is 3.09. The van der Waals surface area contributed by atoms with E-state index in [0.717, 1.165) is 5.56 Å². The molecule has 0 aromatic heterocycles. The summed E-state index contributed by atoms with van der Waals surface area (Å²) in [6.45, 7) is 1.74. The summed E-state index contributed by atoms with van der Waals surface area (Å²) >= 11 is 5.71. The summed E-state index contributed by atoms with van der Waals surface area (Å²) in [7, 11) is 0. The molecule has 4 nitrogen and oxygen atoms in total. The Morgan fingerprint density at radius 2 is 1.81 bits per heavy atom. The number of carbonyl (C=O) groups excluding carboxylic acids is 2. The van der Waals surface area contributed by atoms with Gasteiger partial charge in [0.05, 0.1) is 0 Å². The van der Waals surface area contributed by atoms with Gasteiger partial charge in [0.15, 0.2) is 0 Å². The first kappa shape index (κ1) is 15.1. The largest absolute Gasteiger partial charge is 0.366 e. The number of alkyl halides is 1. The van der Waals surface area contributed by atoms with E-state index in [4.69, 9.17) is 17.3 Å². The van der Waals surface area contributed by atoms with Crippen LogP contribution in [0.3, 0.4) is 0 Å². The van der Waals surface area contributed by atoms with Crippen molar-refractivity contribution < 1.29 is 9.59 Å². The highest BCUT2D eigenvalue weighted by Gasteiger charge is 2.11. The van der Waals surface area contributed by atoms with Crippen molar-refractivity contribution in [2.24, 2.45) is 5.73 Å². The van der Waals surface area contributed by atoms with Crippen LogP contribution in [0.5, 0.6) is 0 Å². The molecule has 0 unspecified atom stereocenters. The van der Waals surface area contributed by atoms with Crippen LogP contribution in [0.25, 0.3) is 0 Å². The van der Waals surface area contributed by atoms with Gasteiger partial charge < -0.3 is 11.1 Å². The summed E-state index contributed by atoms with van der Waals surface area (Å²) < 4.78 is 0. The van der Waals surface area contributed by atoms with Gasteiger partial charge in [-0.25, -0.2) is 0 Å². The van der Waals surface area contributed by atoms with Crippen LogP contribution in [0.1, 0.15) is 31.8 Å². The van der Waals surface area contributed by atoms with E-state index in [-0.39, 0.29) is 5.91 Å². The minimum atomic E-state index is -0.518. The summed E-state index contributed by atoms with van der Waals surface area (Å²) in [5, 5.41) is 2.78. The zero-order chi connectivity index (χ0) is 15.4. The van der Waals surface area contributed by atoms with Crippen molar-refractivity contribution in [2.75, 3.05) is 5.32 Å². The molecule has 2 aromatic carbocycles. The monoisotopic (exact) mass is 302 g/mol. The molecule has 0 saturated carbocycles. The van der Waals surface area contributed by atoms with Crippen LogP contribution in [-0.2, 0) is 5.88 Å². The summed E-state index contributed by atoms with van der Waals surface area (Å²) in [5.74, 6) is -0.363. The van der Waals surface area contributed by atoms with Gasteiger partial charge in [0.1, 0.15) is 0 Å². The Morgan fingerprint density at radius 3 is 2.38 bits per heavy atom. The van der Waals surface area contributed by atoms with Gasteiger partial charge in [-0.2, -0.15) is 0 Å². The van der Waals surface area contributed by atoms with E-state index in [1.807, 2.05) is 0 Å². The molecule has 5 heteroatoms. The van der Waals surface area contributed by atoms with Gasteiger partial charge in [0, 0.05) is 22.7 Å². The molecule has 2 aromatic rings. The second-order valence-electron chi connectivity index (χ2n) is 4.63. The molecule has 0 heterocycles. The number of carbonyl (C=O) groups is 2. The Balaban J connectivity index is 2.23. The molecule has 0 radical (unpaired) electrons. The Labute approximate surface area is 127 Å². The molecule has 2 amide bonds. The van der Waals surface area contributed by atoms with E-state index in [0.29, 0.717) is 28.3 Å². The van der Waals surface area contributed by atoms with E-state index in [9.17, 15) is 9.59 Å². The molecular weight excluding hydrogens is 288 g/mol. The Bertz CT molecular complexity index is 681. The highest BCUT2D eigenvalue weighted by molar-refractivity contribution is 6.17. The van der Waals surface area contributed by atoms with Crippen LogP contribution < -0.4 is 11.1 Å². The van der Waals surface area contributed by atoms with Crippen molar-refractivity contribution >= 4 is 29.1 Å². The van der Waals surface area contributed by atoms with Crippen LogP contribution >= 0.6 is 11.6 Å². The fourth-order valence-electron chi connectivity index (χ4n) is 1.98. The first-order valence-electron chi connectivity index (χ1n) is 6.38. The van der Waals surface area contributed by atoms with E-state index in [1.165, 1.54) is 0 Å². The summed E-state index contributed by atoms with van der Waals surface area (Å²) in [6, 6.07) is 12.1. The molecule has 0 saturated heterocycles. The lowest BCUT2D eigenvalue weighted by molar-refractivity contribution is 0.0995. The molecule has 0 spiro atoms. The molecule has 2 rings (SSSR count). The average Bonchev–Trinajstić information content (AvgIpc) is 2.49. The van der Waals surface area contributed by atoms with Crippen molar-refractivity contribution in [1.29, 1.82) is 0 Å². The number of benzene rings is 2. The van der Waals surface area contributed by atoms with Gasteiger partial charge in [-0.05, 0) is 42.3 Å². The Hall–Kier alpha value is -2.33. The summed E-state index contributed by atoms with van der Waals surface area (Å²) in [5.41, 5.74) is 8.37. The Morgan fingerprint density at radius 1 is 1.14 bits per heavy atom. The van der Waals surface area contributed by atoms with Gasteiger partial charge >= 0.3 is 0 Å². The maximum atomic E-state index is 12.2. The highest BCUT2D eigenvalue weighted by Crippen LogP contribution is 2.19. The van der Waals surface area contributed by atoms with Crippen LogP contribution in [0.2, 0.25) is 0 Å². The van der Waals surface area contributed by atoms with E-state index < -0.39 is 5.91 Å². The van der Waals surface area contributed by atoms with E-state index >= 15 is 0 Å². The number of rotatable bonds is 4. The molecule has 108 valence electrons. The quantitative estimate of drug-likeness (QED) is 0.852. The zero-order valence-corrected chi connectivity index (χ0v) is 12.3. The summed E-state index contributed by atoms with van der Waals surface area (Å²) in [6.07, 6.45) is 0. The molecule has 0 aliphatic carbocycles. The molecular formula is C16H15ClN2O2. The minimum Gasteiger partial charge on any atom is -0.366 e. The van der Waals surface area contributed by atoms with Crippen molar-refractivity contribution in [3.63, 3.8) is 0 Å². The molecule has 0 fully saturated rings. The van der Waals surface area contributed by atoms with Crippen molar-refractivity contribution in [1.82, 2.24) is 0 Å². The molecule has 0 atom stereocenters. The zero-order valence-electron chi connectivity index (χ0n) is 11.5. The molecule has 0 bridgehead atoms. The maximum absolute atomic E-state index is 12.2. The SMILES string of the molecule is Cc1c(NC(=O)c2ccc(CCl)cc2)cccc1C(N)=O. The molecule has 21 heavy (non-hydrogen) atoms. The highest BCUT2D eigenvalue weighted by atomic mass is 35.5. The molecule has 3 N–H and O–H groups in total. The van der Waals surface area contributed by atoms with Crippen molar-refractivity contribution in [2.45, 2.75) is 12.8 Å². The number of halogens is 1. The van der Waals surface area contributed by atoms with E-state index in [1.54, 1.807) is 49.4 Å². The second kappa shape index (κ2) is 6.41. The van der Waals surface area contributed by atoms with Crippen LogP contribution in [0, 0.1) is 6.92 Å². The van der Waals surface area contributed by atoms with Crippen LogP contribution in [-0.4, -0.2) is 11.8 Å². The summed E-state index contributed by atoms with van der Waals surface area (Å²) in [4.78, 5) is 23.5. The van der Waals surface area contributed by atoms with Gasteiger partial charge in [-0.3, -0.25) is 9.59 Å². The number of hydrogen-bond acceptors (Lipinski definition) is 2. The normalized spacial score (nSPS) is 10.2. The topological polar surface area (TPSA) is 72.2 Å². The van der Waals surface area contributed by atoms with E-state index in [2.05, 4.69) is 5.32 Å². The third kappa shape index (κ3) is 3.41. The van der Waals surface area contributed by atoms with Crippen molar-refractivity contribution in [3.05, 3.63) is 64.7 Å². The molecule has 0 aliphatic heterocycles. The lowest BCUT2D eigenvalue weighted by Crippen LogP contribution is -2.16. The average molecular weight is 303 g/mol. The van der Waals surface area contributed by atoms with Crippen LogP contribution in [0.4, 0.5) is 5.69 Å². The fraction of sp³-hybridized carbons (Fsp3) is 0.125. The van der Waals surface area contributed by atoms with Crippen molar-refractivity contribution in [3.8, 4) is 0 Å². The Kier molecular flexibility index (Phi) is 4.60. The van der Waals surface area contributed by atoms with Gasteiger partial charge in [-0.15, -0.1) is 11.6 Å². The number of hydrogen-bond donors (Lipinski definition) is 2. The van der Waals surface area contributed by atoms with Gasteiger partial charge in [-0.1, -0.05) is 18.2 Å². The number of amides is 2. The lowest BCUT2D eigenvalue weighted by Gasteiger charge is -2.11. The van der Waals surface area contributed by atoms with Gasteiger partial charge in [0.2, 0.25) is 5.91 Å². The first-order valence-corrected chi connectivity index (χ1v) is 6.92. The second-order valence-corrected chi connectivity index (χ2v) is 4.89. The third-order valence-corrected chi connectivity index (χ3v) is 3.53. The fourth-order valence-corrected chi connectivity index (χ4v) is 2.16. The number of primary amides is 1. The first-order chi connectivity index (χ1) is 10.0. The third-order valence-electron chi connectivity index (χ3n) is 3.22. The predicted molar refractivity (Wildman–Crippen MR) is 83.6 cm³/mol. The minimum absolute atomic E-state index is 0.249. The number of nitrogens with one attached hydrogen (secondary N) is 1. The molecule has 0 aliphatic rings.